The van der Waals surface area contributed by atoms with E-state index in [-0.39, 0.29) is 12.5 Å². The van der Waals surface area contributed by atoms with Gasteiger partial charge in [-0.15, -0.1) is 0 Å². The van der Waals surface area contributed by atoms with Crippen molar-refractivity contribution in [1.82, 2.24) is 4.57 Å². The molecule has 0 radical (unpaired) electrons. The summed E-state index contributed by atoms with van der Waals surface area (Å²) in [6.45, 7) is 5.86. The van der Waals surface area contributed by atoms with E-state index in [2.05, 4.69) is 22.5 Å². The third-order valence-electron chi connectivity index (χ3n) is 3.89. The van der Waals surface area contributed by atoms with Gasteiger partial charge < -0.3 is 14.0 Å². The number of rotatable bonds is 7. The Kier molecular flexibility index (Phi) is 6.20. The van der Waals surface area contributed by atoms with Gasteiger partial charge in [0.25, 0.3) is 5.91 Å². The third kappa shape index (κ3) is 4.39. The molecule has 3 rings (SSSR count). The number of aryl methyl sites for hydroxylation is 1. The third-order valence-corrected chi connectivity index (χ3v) is 4.94. The van der Waals surface area contributed by atoms with E-state index < -0.39 is 0 Å². The first-order valence-corrected chi connectivity index (χ1v) is 9.43. The summed E-state index contributed by atoms with van der Waals surface area (Å²) in [6.07, 6.45) is 0. The van der Waals surface area contributed by atoms with Crippen LogP contribution >= 0.6 is 11.3 Å². The molecule has 1 heterocycles. The molecule has 0 N–H and O–H groups in total. The molecule has 0 fully saturated rings. The molecule has 0 atom stereocenters. The molecule has 0 saturated heterocycles. The zero-order valence-electron chi connectivity index (χ0n) is 15.0. The number of aromatic nitrogens is 1. The molecule has 0 unspecified atom stereocenters. The average molecular weight is 370 g/mol. The van der Waals surface area contributed by atoms with Crippen LogP contribution in [0, 0.1) is 6.92 Å². The maximum absolute atomic E-state index is 12.3. The first-order chi connectivity index (χ1) is 12.7. The average Bonchev–Trinajstić information content (AvgIpc) is 3.00. The van der Waals surface area contributed by atoms with Gasteiger partial charge in [-0.3, -0.25) is 4.79 Å². The molecule has 5 nitrogen and oxygen atoms in total. The summed E-state index contributed by atoms with van der Waals surface area (Å²) in [5, 5.41) is 0. The lowest BCUT2D eigenvalue weighted by Crippen LogP contribution is -2.21. The predicted octanol–water partition coefficient (Wildman–Crippen LogP) is 3.55. The van der Waals surface area contributed by atoms with Crippen LogP contribution in [-0.4, -0.2) is 30.3 Å². The molecule has 0 saturated carbocycles. The van der Waals surface area contributed by atoms with E-state index in [0.29, 0.717) is 30.3 Å². The Morgan fingerprint density at radius 2 is 1.96 bits per heavy atom. The number of para-hydroxylation sites is 2. The summed E-state index contributed by atoms with van der Waals surface area (Å²) in [4.78, 5) is 17.3. The van der Waals surface area contributed by atoms with E-state index >= 15 is 0 Å². The monoisotopic (exact) mass is 370 g/mol. The topological polar surface area (TPSA) is 52.8 Å². The lowest BCUT2D eigenvalue weighted by molar-refractivity contribution is -0.120. The maximum atomic E-state index is 12.3. The number of hydrogen-bond donors (Lipinski definition) is 0. The lowest BCUT2D eigenvalue weighted by Gasteiger charge is -2.07. The Balaban J connectivity index is 1.87. The van der Waals surface area contributed by atoms with E-state index in [1.165, 1.54) is 11.3 Å². The molecule has 2 aromatic carbocycles. The van der Waals surface area contributed by atoms with Gasteiger partial charge in [0.2, 0.25) is 0 Å². The molecule has 0 aliphatic heterocycles. The number of benzene rings is 2. The van der Waals surface area contributed by atoms with Crippen LogP contribution in [0.1, 0.15) is 12.5 Å². The Morgan fingerprint density at radius 1 is 1.15 bits per heavy atom. The first-order valence-electron chi connectivity index (χ1n) is 8.61. The van der Waals surface area contributed by atoms with Crippen molar-refractivity contribution in [2.45, 2.75) is 20.4 Å². The fraction of sp³-hybridized carbons (Fsp3) is 0.300. The molecule has 0 aliphatic rings. The molecular weight excluding hydrogens is 348 g/mol. The fourth-order valence-corrected chi connectivity index (χ4v) is 3.85. The van der Waals surface area contributed by atoms with Gasteiger partial charge in [0.1, 0.15) is 5.75 Å². The number of fused-ring (bicyclic) bond motifs is 1. The Labute approximate surface area is 156 Å². The first kappa shape index (κ1) is 18.4. The summed E-state index contributed by atoms with van der Waals surface area (Å²) in [5.41, 5.74) is 2.26. The maximum Gasteiger partial charge on any atom is 0.286 e. The SMILES string of the molecule is CCOCCn1c(=NC(=O)COc2ccccc2)sc2cccc(C)c21. The number of carbonyl (C=O) groups excluding carboxylic acids is 1. The van der Waals surface area contributed by atoms with Crippen LogP contribution in [0.25, 0.3) is 10.2 Å². The Hall–Kier alpha value is -2.44. The predicted molar refractivity (Wildman–Crippen MR) is 104 cm³/mol. The summed E-state index contributed by atoms with van der Waals surface area (Å²) in [6, 6.07) is 15.4. The van der Waals surface area contributed by atoms with E-state index in [9.17, 15) is 4.79 Å². The molecule has 3 aromatic rings. The summed E-state index contributed by atoms with van der Waals surface area (Å²) in [7, 11) is 0. The van der Waals surface area contributed by atoms with Gasteiger partial charge in [-0.05, 0) is 37.6 Å². The van der Waals surface area contributed by atoms with Crippen molar-refractivity contribution in [2.75, 3.05) is 19.8 Å². The number of carbonyl (C=O) groups is 1. The second-order valence-electron chi connectivity index (χ2n) is 5.76. The molecule has 136 valence electrons. The van der Waals surface area contributed by atoms with Crippen molar-refractivity contribution in [1.29, 1.82) is 0 Å². The highest BCUT2D eigenvalue weighted by molar-refractivity contribution is 7.16. The molecule has 26 heavy (non-hydrogen) atoms. The number of thiazole rings is 1. The van der Waals surface area contributed by atoms with Crippen molar-refractivity contribution >= 4 is 27.5 Å². The van der Waals surface area contributed by atoms with Gasteiger partial charge in [0.05, 0.1) is 16.8 Å². The second-order valence-corrected chi connectivity index (χ2v) is 6.77. The van der Waals surface area contributed by atoms with E-state index in [1.807, 2.05) is 49.4 Å². The minimum absolute atomic E-state index is 0.0807. The minimum Gasteiger partial charge on any atom is -0.484 e. The van der Waals surface area contributed by atoms with Crippen LogP contribution in [0.15, 0.2) is 53.5 Å². The number of nitrogens with zero attached hydrogens (tertiary/aromatic N) is 2. The largest absolute Gasteiger partial charge is 0.484 e. The van der Waals surface area contributed by atoms with Gasteiger partial charge in [-0.1, -0.05) is 41.7 Å². The number of hydrogen-bond acceptors (Lipinski definition) is 4. The molecule has 0 aliphatic carbocycles. The Bertz CT molecular complexity index is 945. The molecule has 1 aromatic heterocycles. The van der Waals surface area contributed by atoms with Gasteiger partial charge in [-0.25, -0.2) is 0 Å². The lowest BCUT2D eigenvalue weighted by atomic mass is 10.2. The standard InChI is InChI=1S/C20H22N2O3S/c1-3-24-13-12-22-19-15(2)8-7-11-17(19)26-20(22)21-18(23)14-25-16-9-5-4-6-10-16/h4-11H,3,12-14H2,1-2H3. The van der Waals surface area contributed by atoms with Crippen LogP contribution in [0.5, 0.6) is 5.75 Å². The number of amides is 1. The zero-order valence-corrected chi connectivity index (χ0v) is 15.8. The van der Waals surface area contributed by atoms with Crippen LogP contribution in [0.3, 0.4) is 0 Å². The molecule has 6 heteroatoms. The van der Waals surface area contributed by atoms with Gasteiger partial charge in [0.15, 0.2) is 11.4 Å². The molecule has 0 bridgehead atoms. The number of ether oxygens (including phenoxy) is 2. The van der Waals surface area contributed by atoms with Crippen LogP contribution in [0.4, 0.5) is 0 Å². The quantitative estimate of drug-likeness (QED) is 0.598. The normalized spacial score (nSPS) is 11.8. The van der Waals surface area contributed by atoms with E-state index in [4.69, 9.17) is 9.47 Å². The molecular formula is C20H22N2O3S. The Morgan fingerprint density at radius 3 is 2.73 bits per heavy atom. The molecule has 1 amide bonds. The van der Waals surface area contributed by atoms with Gasteiger partial charge in [-0.2, -0.15) is 4.99 Å². The molecule has 0 spiro atoms. The zero-order chi connectivity index (χ0) is 18.4. The summed E-state index contributed by atoms with van der Waals surface area (Å²) < 4.78 is 14.2. The van der Waals surface area contributed by atoms with Crippen LogP contribution < -0.4 is 9.54 Å². The smallest absolute Gasteiger partial charge is 0.286 e. The van der Waals surface area contributed by atoms with Crippen molar-refractivity contribution in [3.63, 3.8) is 0 Å². The van der Waals surface area contributed by atoms with Crippen molar-refractivity contribution in [2.24, 2.45) is 4.99 Å². The van der Waals surface area contributed by atoms with Gasteiger partial charge in [0, 0.05) is 13.2 Å². The minimum atomic E-state index is -0.303. The summed E-state index contributed by atoms with van der Waals surface area (Å²) in [5.74, 6) is 0.357. The van der Waals surface area contributed by atoms with Crippen LogP contribution in [0.2, 0.25) is 0 Å². The highest BCUT2D eigenvalue weighted by atomic mass is 32.1. The van der Waals surface area contributed by atoms with Crippen molar-refractivity contribution < 1.29 is 14.3 Å². The highest BCUT2D eigenvalue weighted by Crippen LogP contribution is 2.20. The van der Waals surface area contributed by atoms with Crippen molar-refractivity contribution in [3.05, 3.63) is 58.9 Å². The van der Waals surface area contributed by atoms with Crippen LogP contribution in [-0.2, 0) is 16.1 Å². The van der Waals surface area contributed by atoms with E-state index in [1.54, 1.807) is 0 Å². The van der Waals surface area contributed by atoms with E-state index in [0.717, 1.165) is 15.8 Å². The fourth-order valence-electron chi connectivity index (χ4n) is 2.70. The van der Waals surface area contributed by atoms with Gasteiger partial charge >= 0.3 is 0 Å². The second kappa shape index (κ2) is 8.78. The van der Waals surface area contributed by atoms with Crippen molar-refractivity contribution in [3.8, 4) is 5.75 Å². The highest BCUT2D eigenvalue weighted by Gasteiger charge is 2.10. The summed E-state index contributed by atoms with van der Waals surface area (Å²) >= 11 is 1.51.